The van der Waals surface area contributed by atoms with Crippen molar-refractivity contribution < 1.29 is 19.5 Å². The third-order valence-electron chi connectivity index (χ3n) is 7.82. The summed E-state index contributed by atoms with van der Waals surface area (Å²) in [5, 5.41) is 15.4. The highest BCUT2D eigenvalue weighted by Crippen LogP contribution is 2.67. The molecule has 3 fully saturated rings. The molecule has 0 saturated carbocycles. The Balaban J connectivity index is 1.59. The average Bonchev–Trinajstić information content (AvgIpc) is 3.44. The van der Waals surface area contributed by atoms with Crippen molar-refractivity contribution in [2.45, 2.75) is 85.8 Å². The number of carbonyl (C=O) groups is 3. The van der Waals surface area contributed by atoms with Gasteiger partial charge in [-0.3, -0.25) is 14.4 Å². The minimum Gasteiger partial charge on any atom is -0.396 e. The summed E-state index contributed by atoms with van der Waals surface area (Å²) in [6.45, 7) is 5.09. The van der Waals surface area contributed by atoms with Crippen LogP contribution in [0.25, 0.3) is 0 Å². The Kier molecular flexibility index (Phi) is 9.05. The van der Waals surface area contributed by atoms with Gasteiger partial charge in [-0.1, -0.05) is 59.6 Å². The van der Waals surface area contributed by atoms with Crippen molar-refractivity contribution in [3.05, 3.63) is 35.9 Å². The van der Waals surface area contributed by atoms with Gasteiger partial charge in [0.05, 0.1) is 16.6 Å². The molecule has 1 aromatic rings. The molecule has 198 valence electrons. The highest BCUT2D eigenvalue weighted by molar-refractivity contribution is 9.09. The molecule has 3 amide bonds. The van der Waals surface area contributed by atoms with E-state index in [-0.39, 0.29) is 40.4 Å². The van der Waals surface area contributed by atoms with Crippen molar-refractivity contribution in [3.63, 3.8) is 0 Å². The number of hydrogen-bond donors (Lipinski definition) is 3. The van der Waals surface area contributed by atoms with Gasteiger partial charge in [0.1, 0.15) is 6.04 Å². The van der Waals surface area contributed by atoms with Crippen LogP contribution in [-0.2, 0) is 20.9 Å². The lowest BCUT2D eigenvalue weighted by Crippen LogP contribution is -2.56. The molecule has 4 unspecified atom stereocenters. The third kappa shape index (κ3) is 5.20. The minimum absolute atomic E-state index is 0.0256. The maximum atomic E-state index is 13.9. The average molecular weight is 581 g/mol. The fourth-order valence-corrected chi connectivity index (χ4v) is 9.88. The summed E-state index contributed by atoms with van der Waals surface area (Å²) in [4.78, 5) is 43.0. The van der Waals surface area contributed by atoms with Crippen LogP contribution in [0, 0.1) is 11.8 Å². The number of carbonyl (C=O) groups excluding carboxylic acids is 3. The van der Waals surface area contributed by atoms with Crippen molar-refractivity contribution in [1.82, 2.24) is 15.5 Å². The van der Waals surface area contributed by atoms with Crippen molar-refractivity contribution >= 4 is 45.4 Å². The number of unbranched alkanes of at least 4 members (excludes halogenated alkanes) is 2. The van der Waals surface area contributed by atoms with Crippen LogP contribution in [0.2, 0.25) is 0 Å². The first kappa shape index (κ1) is 27.5. The molecule has 3 heterocycles. The first-order valence-electron chi connectivity index (χ1n) is 13.2. The number of halogens is 1. The molecule has 3 N–H and O–H groups in total. The number of nitrogens with one attached hydrogen (secondary N) is 2. The van der Waals surface area contributed by atoms with Gasteiger partial charge >= 0.3 is 0 Å². The molecular formula is C27H38BrN3O4S. The maximum Gasteiger partial charge on any atom is 0.244 e. The maximum absolute atomic E-state index is 13.9. The zero-order valence-electron chi connectivity index (χ0n) is 21.1. The van der Waals surface area contributed by atoms with Gasteiger partial charge in [-0.05, 0) is 44.6 Å². The Bertz CT molecular complexity index is 950. The van der Waals surface area contributed by atoms with E-state index in [1.54, 1.807) is 16.7 Å². The summed E-state index contributed by atoms with van der Waals surface area (Å²) in [7, 11) is 0. The number of aliphatic hydroxyl groups is 1. The lowest BCUT2D eigenvalue weighted by atomic mass is 9.70. The summed E-state index contributed by atoms with van der Waals surface area (Å²) in [6.07, 6.45) is 4.71. The van der Waals surface area contributed by atoms with Gasteiger partial charge in [0.15, 0.2) is 0 Å². The van der Waals surface area contributed by atoms with E-state index in [1.165, 1.54) is 0 Å². The molecule has 1 aromatic carbocycles. The van der Waals surface area contributed by atoms with Gasteiger partial charge in [0.2, 0.25) is 17.7 Å². The molecule has 2 bridgehead atoms. The Morgan fingerprint density at radius 2 is 1.97 bits per heavy atom. The lowest BCUT2D eigenvalue weighted by Gasteiger charge is -2.36. The first-order valence-corrected chi connectivity index (χ1v) is 15.0. The molecule has 9 heteroatoms. The van der Waals surface area contributed by atoms with E-state index in [0.29, 0.717) is 25.9 Å². The first-order chi connectivity index (χ1) is 17.3. The van der Waals surface area contributed by atoms with E-state index in [2.05, 4.69) is 33.5 Å². The van der Waals surface area contributed by atoms with Gasteiger partial charge in [0.25, 0.3) is 0 Å². The quantitative estimate of drug-likeness (QED) is 0.261. The van der Waals surface area contributed by atoms with Gasteiger partial charge < -0.3 is 20.6 Å². The third-order valence-corrected chi connectivity index (χ3v) is 11.0. The van der Waals surface area contributed by atoms with Crippen LogP contribution in [-0.4, -0.2) is 67.8 Å². The van der Waals surface area contributed by atoms with Crippen LogP contribution in [0.1, 0.15) is 57.9 Å². The number of amides is 3. The molecule has 0 aliphatic carbocycles. The molecule has 7 nitrogen and oxygen atoms in total. The molecule has 0 radical (unpaired) electrons. The van der Waals surface area contributed by atoms with Crippen LogP contribution in [0.5, 0.6) is 0 Å². The monoisotopic (exact) mass is 579 g/mol. The zero-order chi connectivity index (χ0) is 25.9. The second-order valence-electron chi connectivity index (χ2n) is 10.4. The molecule has 1 spiro atoms. The Morgan fingerprint density at radius 3 is 2.67 bits per heavy atom. The summed E-state index contributed by atoms with van der Waals surface area (Å²) in [6, 6.07) is 9.19. The Hall–Kier alpha value is -1.58. The molecule has 4 rings (SSSR count). The van der Waals surface area contributed by atoms with Gasteiger partial charge in [0, 0.05) is 35.8 Å². The number of fused-ring (bicyclic) bond motifs is 1. The van der Waals surface area contributed by atoms with Crippen molar-refractivity contribution in [1.29, 1.82) is 0 Å². The lowest BCUT2D eigenvalue weighted by molar-refractivity contribution is -0.140. The molecule has 0 aromatic heterocycles. The van der Waals surface area contributed by atoms with Crippen LogP contribution >= 0.6 is 27.7 Å². The topological polar surface area (TPSA) is 98.7 Å². The normalized spacial score (nSPS) is 31.4. The van der Waals surface area contributed by atoms with E-state index in [4.69, 9.17) is 0 Å². The molecule has 36 heavy (non-hydrogen) atoms. The number of thioether (sulfide) groups is 1. The standard InChI is InChI=1S/C27H38BrN3O4S/c1-3-10-17(2)30-25(34)23-27-15-19(28)22(36-27)20(24(33)29-16-18-11-6-4-7-12-18)21(27)26(35)31(23)13-8-5-9-14-32/h4,6-7,11-12,17,19-23,32H,3,5,8-10,13-16H2,1-2H3,(H,29,33)(H,30,34)/t17?,19?,20-,21+,22-,23?,27?/m1/s1. The number of alkyl halides is 1. The van der Waals surface area contributed by atoms with E-state index < -0.39 is 22.6 Å². The van der Waals surface area contributed by atoms with E-state index in [0.717, 1.165) is 31.2 Å². The smallest absolute Gasteiger partial charge is 0.244 e. The molecule has 3 aliphatic rings. The van der Waals surface area contributed by atoms with Crippen molar-refractivity contribution in [2.24, 2.45) is 11.8 Å². The zero-order valence-corrected chi connectivity index (χ0v) is 23.5. The fraction of sp³-hybridized carbons (Fsp3) is 0.667. The molecule has 3 saturated heterocycles. The Morgan fingerprint density at radius 1 is 1.22 bits per heavy atom. The molecular weight excluding hydrogens is 542 g/mol. The number of rotatable bonds is 12. The van der Waals surface area contributed by atoms with Crippen LogP contribution in [0.4, 0.5) is 0 Å². The van der Waals surface area contributed by atoms with Gasteiger partial charge in [-0.15, -0.1) is 11.8 Å². The predicted octanol–water partition coefficient (Wildman–Crippen LogP) is 3.23. The van der Waals surface area contributed by atoms with E-state index in [9.17, 15) is 19.5 Å². The van der Waals surface area contributed by atoms with Gasteiger partial charge in [-0.25, -0.2) is 0 Å². The van der Waals surface area contributed by atoms with E-state index in [1.807, 2.05) is 37.3 Å². The second-order valence-corrected chi connectivity index (χ2v) is 13.1. The van der Waals surface area contributed by atoms with Crippen LogP contribution in [0.15, 0.2) is 30.3 Å². The van der Waals surface area contributed by atoms with Crippen LogP contribution in [0.3, 0.4) is 0 Å². The minimum atomic E-state index is -0.613. The number of aliphatic hydroxyl groups excluding tert-OH is 1. The van der Waals surface area contributed by atoms with E-state index >= 15 is 0 Å². The Labute approximate surface area is 226 Å². The summed E-state index contributed by atoms with van der Waals surface area (Å²) >= 11 is 5.48. The largest absolute Gasteiger partial charge is 0.396 e. The number of hydrogen-bond acceptors (Lipinski definition) is 5. The van der Waals surface area contributed by atoms with Crippen molar-refractivity contribution in [3.8, 4) is 0 Å². The highest BCUT2D eigenvalue weighted by Gasteiger charge is 2.75. The number of likely N-dealkylation sites (tertiary alicyclic amines) is 1. The van der Waals surface area contributed by atoms with Crippen molar-refractivity contribution in [2.75, 3.05) is 13.2 Å². The molecule has 3 aliphatic heterocycles. The number of nitrogens with zero attached hydrogens (tertiary/aromatic N) is 1. The summed E-state index contributed by atoms with van der Waals surface area (Å²) in [5.41, 5.74) is 1.01. The number of benzene rings is 1. The summed E-state index contributed by atoms with van der Waals surface area (Å²) in [5.74, 6) is -1.27. The van der Waals surface area contributed by atoms with Crippen LogP contribution < -0.4 is 10.6 Å². The molecule has 7 atom stereocenters. The summed E-state index contributed by atoms with van der Waals surface area (Å²) < 4.78 is -0.613. The second kappa shape index (κ2) is 11.9. The SMILES string of the molecule is CCCC(C)NC(=O)C1N(CCCCCO)C(=O)[C@@H]2[C@@H](C(=O)NCc3ccccc3)[C@@H]3SC12CC3Br. The van der Waals surface area contributed by atoms with Gasteiger partial charge in [-0.2, -0.15) is 0 Å². The highest BCUT2D eigenvalue weighted by atomic mass is 79.9. The predicted molar refractivity (Wildman–Crippen MR) is 146 cm³/mol. The fourth-order valence-electron chi connectivity index (χ4n) is 6.27.